The fourth-order valence-electron chi connectivity index (χ4n) is 1.78. The van der Waals surface area contributed by atoms with Crippen LogP contribution < -0.4 is 0 Å². The smallest absolute Gasteiger partial charge is 0.135 e. The molecule has 1 aliphatic carbocycles. The highest BCUT2D eigenvalue weighted by molar-refractivity contribution is 6.32. The van der Waals surface area contributed by atoms with Gasteiger partial charge in [0, 0.05) is 18.2 Å². The minimum atomic E-state index is 0.454. The Morgan fingerprint density at radius 1 is 1.40 bits per heavy atom. The Hall–Kier alpha value is -0.310. The van der Waals surface area contributed by atoms with Gasteiger partial charge in [-0.05, 0) is 26.0 Å². The molecule has 0 spiro atoms. The highest BCUT2D eigenvalue weighted by Crippen LogP contribution is 2.26. The lowest BCUT2D eigenvalue weighted by Crippen LogP contribution is -2.36. The van der Waals surface area contributed by atoms with Crippen LogP contribution in [0.3, 0.4) is 0 Å². The Labute approximate surface area is 100 Å². The zero-order valence-electron chi connectivity index (χ0n) is 8.71. The molecule has 0 N–H and O–H groups in total. The van der Waals surface area contributed by atoms with Gasteiger partial charge >= 0.3 is 0 Å². The summed E-state index contributed by atoms with van der Waals surface area (Å²) in [5, 5.41) is 0.976. The first-order valence-corrected chi connectivity index (χ1v) is 5.93. The Kier molecular flexibility index (Phi) is 3.49. The molecule has 0 aliphatic heterocycles. The van der Waals surface area contributed by atoms with Crippen LogP contribution in [0.4, 0.5) is 0 Å². The van der Waals surface area contributed by atoms with Gasteiger partial charge in [-0.25, -0.2) is 4.98 Å². The van der Waals surface area contributed by atoms with Crippen LogP contribution in [0, 0.1) is 0 Å². The van der Waals surface area contributed by atoms with Crippen molar-refractivity contribution in [3.63, 3.8) is 0 Å². The van der Waals surface area contributed by atoms with Crippen molar-refractivity contribution in [2.45, 2.75) is 31.8 Å². The van der Waals surface area contributed by atoms with Gasteiger partial charge in [-0.2, -0.15) is 0 Å². The van der Waals surface area contributed by atoms with E-state index in [0.29, 0.717) is 10.3 Å². The highest BCUT2D eigenvalue weighted by atomic mass is 35.5. The molecule has 2 rings (SSSR count). The fraction of sp³-hybridized carbons (Fsp3) is 0.545. The van der Waals surface area contributed by atoms with Gasteiger partial charge in [0.1, 0.15) is 10.3 Å². The molecule has 0 saturated heterocycles. The van der Waals surface area contributed by atoms with Crippen LogP contribution >= 0.6 is 23.2 Å². The van der Waals surface area contributed by atoms with Gasteiger partial charge in [-0.15, -0.1) is 0 Å². The van der Waals surface area contributed by atoms with Crippen molar-refractivity contribution in [2.75, 3.05) is 7.05 Å². The number of aromatic nitrogens is 1. The number of nitrogens with zero attached hydrogens (tertiary/aromatic N) is 2. The van der Waals surface area contributed by atoms with E-state index in [0.717, 1.165) is 18.2 Å². The van der Waals surface area contributed by atoms with Gasteiger partial charge in [-0.3, -0.25) is 4.90 Å². The van der Waals surface area contributed by atoms with E-state index in [1.54, 1.807) is 6.07 Å². The van der Waals surface area contributed by atoms with Crippen LogP contribution in [0.5, 0.6) is 0 Å². The summed E-state index contributed by atoms with van der Waals surface area (Å²) in [6.07, 6.45) is 3.95. The van der Waals surface area contributed by atoms with Gasteiger partial charge in [0.2, 0.25) is 0 Å². The molecule has 1 aliphatic rings. The van der Waals surface area contributed by atoms with Gasteiger partial charge in [-0.1, -0.05) is 35.7 Å². The normalized spacial score (nSPS) is 16.8. The van der Waals surface area contributed by atoms with E-state index in [9.17, 15) is 0 Å². The molecule has 0 radical (unpaired) electrons. The molecular weight excluding hydrogens is 231 g/mol. The molecule has 1 saturated carbocycles. The summed E-state index contributed by atoms with van der Waals surface area (Å²) in [5.74, 6) is 0. The summed E-state index contributed by atoms with van der Waals surface area (Å²) >= 11 is 11.8. The van der Waals surface area contributed by atoms with E-state index >= 15 is 0 Å². The second-order valence-corrected chi connectivity index (χ2v) is 4.83. The van der Waals surface area contributed by atoms with E-state index in [1.807, 2.05) is 6.07 Å². The monoisotopic (exact) mass is 244 g/mol. The minimum Gasteiger partial charge on any atom is -0.299 e. The van der Waals surface area contributed by atoms with Crippen molar-refractivity contribution in [3.05, 3.63) is 28.0 Å². The molecule has 1 aromatic heterocycles. The lowest BCUT2D eigenvalue weighted by molar-refractivity contribution is 0.152. The number of pyridine rings is 1. The van der Waals surface area contributed by atoms with Crippen LogP contribution in [-0.2, 0) is 6.54 Å². The molecule has 15 heavy (non-hydrogen) atoms. The third kappa shape index (κ3) is 2.63. The van der Waals surface area contributed by atoms with E-state index in [2.05, 4.69) is 16.9 Å². The predicted molar refractivity (Wildman–Crippen MR) is 63.4 cm³/mol. The second kappa shape index (κ2) is 4.69. The molecule has 0 atom stereocenters. The molecule has 1 heterocycles. The maximum absolute atomic E-state index is 6.02. The van der Waals surface area contributed by atoms with Crippen LogP contribution in [0.1, 0.15) is 24.8 Å². The van der Waals surface area contributed by atoms with Crippen LogP contribution in [-0.4, -0.2) is 23.0 Å². The molecule has 1 aromatic rings. The standard InChI is InChI=1S/C11H14Cl2N2/c1-15(9-3-2-4-9)7-8-5-6-10(12)14-11(8)13/h5-6,9H,2-4,7H2,1H3. The van der Waals surface area contributed by atoms with Crippen molar-refractivity contribution in [1.29, 1.82) is 0 Å². The van der Waals surface area contributed by atoms with Crippen LogP contribution in [0.25, 0.3) is 0 Å². The minimum absolute atomic E-state index is 0.454. The van der Waals surface area contributed by atoms with E-state index in [1.165, 1.54) is 19.3 Å². The first-order valence-electron chi connectivity index (χ1n) is 5.18. The Balaban J connectivity index is 2.03. The Bertz CT molecular complexity index is 350. The largest absolute Gasteiger partial charge is 0.299 e. The van der Waals surface area contributed by atoms with Crippen molar-refractivity contribution >= 4 is 23.2 Å². The van der Waals surface area contributed by atoms with Crippen LogP contribution in [0.15, 0.2) is 12.1 Å². The van der Waals surface area contributed by atoms with E-state index < -0.39 is 0 Å². The number of halogens is 2. The maximum atomic E-state index is 6.02. The van der Waals surface area contributed by atoms with Crippen LogP contribution in [0.2, 0.25) is 10.3 Å². The second-order valence-electron chi connectivity index (χ2n) is 4.08. The first-order chi connectivity index (χ1) is 7.16. The molecular formula is C11H14Cl2N2. The van der Waals surface area contributed by atoms with Gasteiger partial charge in [0.15, 0.2) is 0 Å². The van der Waals surface area contributed by atoms with Crippen molar-refractivity contribution in [1.82, 2.24) is 9.88 Å². The molecule has 1 fully saturated rings. The summed E-state index contributed by atoms with van der Waals surface area (Å²) < 4.78 is 0. The molecule has 82 valence electrons. The number of rotatable bonds is 3. The summed E-state index contributed by atoms with van der Waals surface area (Å²) in [6, 6.07) is 4.46. The number of hydrogen-bond donors (Lipinski definition) is 0. The van der Waals surface area contributed by atoms with Gasteiger partial charge < -0.3 is 0 Å². The third-order valence-electron chi connectivity index (χ3n) is 3.01. The Morgan fingerprint density at radius 2 is 2.13 bits per heavy atom. The zero-order chi connectivity index (χ0) is 10.8. The quantitative estimate of drug-likeness (QED) is 0.759. The molecule has 0 aromatic carbocycles. The fourth-order valence-corrected chi connectivity index (χ4v) is 2.19. The SMILES string of the molecule is CN(Cc1ccc(Cl)nc1Cl)C1CCC1. The van der Waals surface area contributed by atoms with Crippen molar-refractivity contribution in [3.8, 4) is 0 Å². The van der Waals surface area contributed by atoms with Gasteiger partial charge in [0.05, 0.1) is 0 Å². The lowest BCUT2D eigenvalue weighted by Gasteiger charge is -2.34. The summed E-state index contributed by atoms with van der Waals surface area (Å²) in [6.45, 7) is 0.855. The lowest BCUT2D eigenvalue weighted by atomic mass is 9.92. The van der Waals surface area contributed by atoms with Crippen molar-refractivity contribution in [2.24, 2.45) is 0 Å². The zero-order valence-corrected chi connectivity index (χ0v) is 10.2. The third-order valence-corrected chi connectivity index (χ3v) is 3.55. The predicted octanol–water partition coefficient (Wildman–Crippen LogP) is 3.37. The summed E-state index contributed by atoms with van der Waals surface area (Å²) in [7, 11) is 2.13. The number of hydrogen-bond acceptors (Lipinski definition) is 2. The molecule has 2 nitrogen and oxygen atoms in total. The molecule has 4 heteroatoms. The maximum Gasteiger partial charge on any atom is 0.135 e. The molecule has 0 bridgehead atoms. The average Bonchev–Trinajstić information content (AvgIpc) is 2.07. The molecule has 0 unspecified atom stereocenters. The summed E-state index contributed by atoms with van der Waals surface area (Å²) in [4.78, 5) is 6.37. The Morgan fingerprint density at radius 3 is 2.67 bits per heavy atom. The highest BCUT2D eigenvalue weighted by Gasteiger charge is 2.22. The van der Waals surface area contributed by atoms with E-state index in [4.69, 9.17) is 23.2 Å². The van der Waals surface area contributed by atoms with E-state index in [-0.39, 0.29) is 0 Å². The summed E-state index contributed by atoms with van der Waals surface area (Å²) in [5.41, 5.74) is 1.05. The average molecular weight is 245 g/mol. The van der Waals surface area contributed by atoms with Crippen molar-refractivity contribution < 1.29 is 0 Å². The van der Waals surface area contributed by atoms with Gasteiger partial charge in [0.25, 0.3) is 0 Å². The first kappa shape index (κ1) is 11.2. The topological polar surface area (TPSA) is 16.1 Å². The molecule has 0 amide bonds.